The molecule has 0 radical (unpaired) electrons. The lowest BCUT2D eigenvalue weighted by Crippen LogP contribution is -2.41. The zero-order valence-corrected chi connectivity index (χ0v) is 16.9. The molecule has 1 amide bonds. The molecule has 1 atom stereocenters. The lowest BCUT2D eigenvalue weighted by atomic mass is 10.00. The second kappa shape index (κ2) is 9.28. The molecule has 0 saturated carbocycles. The largest absolute Gasteiger partial charge is 0.350 e. The van der Waals surface area contributed by atoms with Crippen molar-refractivity contribution in [2.24, 2.45) is 5.92 Å². The van der Waals surface area contributed by atoms with Crippen molar-refractivity contribution in [1.82, 2.24) is 25.2 Å². The van der Waals surface area contributed by atoms with Gasteiger partial charge in [-0.3, -0.25) is 4.79 Å². The van der Waals surface area contributed by atoms with E-state index in [-0.39, 0.29) is 23.8 Å². The molecule has 0 bridgehead atoms. The van der Waals surface area contributed by atoms with Gasteiger partial charge in [-0.05, 0) is 43.7 Å². The van der Waals surface area contributed by atoms with E-state index in [0.717, 1.165) is 31.5 Å². The van der Waals surface area contributed by atoms with Crippen molar-refractivity contribution in [2.75, 3.05) is 19.6 Å². The van der Waals surface area contributed by atoms with Crippen molar-refractivity contribution in [3.63, 3.8) is 0 Å². The van der Waals surface area contributed by atoms with Gasteiger partial charge >= 0.3 is 0 Å². The first-order valence-electron chi connectivity index (χ1n) is 10.1. The van der Waals surface area contributed by atoms with Crippen LogP contribution in [0, 0.1) is 11.7 Å². The molecule has 3 rings (SSSR count). The number of halogens is 1. The van der Waals surface area contributed by atoms with Crippen LogP contribution in [-0.4, -0.2) is 51.5 Å². The van der Waals surface area contributed by atoms with Crippen molar-refractivity contribution in [2.45, 2.75) is 52.1 Å². The van der Waals surface area contributed by atoms with Crippen molar-refractivity contribution < 1.29 is 9.18 Å². The monoisotopic (exact) mass is 387 g/mol. The molecule has 7 heteroatoms. The highest BCUT2D eigenvalue weighted by Gasteiger charge is 2.25. The molecule has 0 spiro atoms. The van der Waals surface area contributed by atoms with Gasteiger partial charge in [0.1, 0.15) is 5.82 Å². The second-order valence-electron chi connectivity index (χ2n) is 8.10. The van der Waals surface area contributed by atoms with Crippen LogP contribution in [0.2, 0.25) is 0 Å². The summed E-state index contributed by atoms with van der Waals surface area (Å²) in [4.78, 5) is 14.5. The molecule has 2 aromatic rings. The number of nitrogens with zero attached hydrogens (tertiary/aromatic N) is 4. The zero-order valence-electron chi connectivity index (χ0n) is 16.9. The van der Waals surface area contributed by atoms with Crippen LogP contribution in [0.4, 0.5) is 4.39 Å². The number of hydrogen-bond donors (Lipinski definition) is 1. The Labute approximate surface area is 166 Å². The van der Waals surface area contributed by atoms with E-state index >= 15 is 0 Å². The minimum Gasteiger partial charge on any atom is -0.350 e. The van der Waals surface area contributed by atoms with Gasteiger partial charge in [-0.15, -0.1) is 5.10 Å². The highest BCUT2D eigenvalue weighted by Crippen LogP contribution is 2.24. The number of benzene rings is 1. The predicted molar refractivity (Wildman–Crippen MR) is 107 cm³/mol. The van der Waals surface area contributed by atoms with Crippen LogP contribution in [0.1, 0.15) is 55.7 Å². The first-order valence-corrected chi connectivity index (χ1v) is 10.1. The fourth-order valence-corrected chi connectivity index (χ4v) is 3.65. The summed E-state index contributed by atoms with van der Waals surface area (Å²) in [6.07, 6.45) is 4.34. The summed E-state index contributed by atoms with van der Waals surface area (Å²) in [5.74, 6) is 0.0979. The third kappa shape index (κ3) is 5.16. The number of carbonyl (C=O) groups excluding carboxylic acids is 1. The van der Waals surface area contributed by atoms with Gasteiger partial charge in [0.2, 0.25) is 0 Å². The van der Waals surface area contributed by atoms with Gasteiger partial charge in [-0.1, -0.05) is 37.3 Å². The van der Waals surface area contributed by atoms with Crippen LogP contribution in [0.5, 0.6) is 0 Å². The quantitative estimate of drug-likeness (QED) is 0.793. The van der Waals surface area contributed by atoms with Crippen molar-refractivity contribution in [3.05, 3.63) is 47.5 Å². The number of amides is 1. The Morgan fingerprint density at radius 1 is 1.25 bits per heavy atom. The van der Waals surface area contributed by atoms with E-state index in [1.165, 1.54) is 6.07 Å². The van der Waals surface area contributed by atoms with Gasteiger partial charge in [0.15, 0.2) is 5.69 Å². The second-order valence-corrected chi connectivity index (χ2v) is 8.10. The highest BCUT2D eigenvalue weighted by atomic mass is 19.1. The van der Waals surface area contributed by atoms with Crippen LogP contribution >= 0.6 is 0 Å². The molecule has 1 aliphatic heterocycles. The molecule has 1 saturated heterocycles. The highest BCUT2D eigenvalue weighted by molar-refractivity contribution is 5.91. The fraction of sp³-hybridized carbons (Fsp3) is 0.571. The minimum absolute atomic E-state index is 0.130. The molecule has 1 unspecified atom stereocenters. The van der Waals surface area contributed by atoms with Gasteiger partial charge in [0, 0.05) is 25.7 Å². The van der Waals surface area contributed by atoms with E-state index in [9.17, 15) is 9.18 Å². The van der Waals surface area contributed by atoms with E-state index in [0.29, 0.717) is 24.6 Å². The van der Waals surface area contributed by atoms with Gasteiger partial charge in [-0.2, -0.15) is 0 Å². The number of likely N-dealkylation sites (tertiary alicyclic amines) is 1. The average molecular weight is 388 g/mol. The molecular weight excluding hydrogens is 357 g/mol. The number of carbonyl (C=O) groups is 1. The normalized spacial score (nSPS) is 17.0. The summed E-state index contributed by atoms with van der Waals surface area (Å²) >= 11 is 0. The SMILES string of the molecule is CC(C)CNC(=O)c1cn(C2CCN(C(C)Cc3ccccc3F)CC2)nn1. The molecule has 1 N–H and O–H groups in total. The summed E-state index contributed by atoms with van der Waals surface area (Å²) in [7, 11) is 0. The van der Waals surface area contributed by atoms with E-state index in [1.807, 2.05) is 16.8 Å². The van der Waals surface area contributed by atoms with Crippen LogP contribution < -0.4 is 5.32 Å². The Morgan fingerprint density at radius 3 is 2.64 bits per heavy atom. The number of rotatable bonds is 7. The Bertz CT molecular complexity index is 783. The lowest BCUT2D eigenvalue weighted by Gasteiger charge is -2.36. The summed E-state index contributed by atoms with van der Waals surface area (Å²) in [6, 6.07) is 7.52. The van der Waals surface area contributed by atoms with Crippen LogP contribution in [0.15, 0.2) is 30.5 Å². The summed E-state index contributed by atoms with van der Waals surface area (Å²) in [5, 5.41) is 11.1. The topological polar surface area (TPSA) is 63.1 Å². The van der Waals surface area contributed by atoms with Crippen LogP contribution in [0.25, 0.3) is 0 Å². The van der Waals surface area contributed by atoms with Crippen LogP contribution in [-0.2, 0) is 6.42 Å². The molecule has 1 aromatic carbocycles. The van der Waals surface area contributed by atoms with Crippen molar-refractivity contribution in [3.8, 4) is 0 Å². The van der Waals surface area contributed by atoms with Crippen molar-refractivity contribution in [1.29, 1.82) is 0 Å². The molecule has 0 aliphatic carbocycles. The Balaban J connectivity index is 1.51. The molecule has 1 fully saturated rings. The molecule has 28 heavy (non-hydrogen) atoms. The molecule has 152 valence electrons. The van der Waals surface area contributed by atoms with E-state index in [4.69, 9.17) is 0 Å². The van der Waals surface area contributed by atoms with E-state index < -0.39 is 0 Å². The Kier molecular flexibility index (Phi) is 6.78. The fourth-order valence-electron chi connectivity index (χ4n) is 3.65. The number of aromatic nitrogens is 3. The number of piperidine rings is 1. The van der Waals surface area contributed by atoms with Crippen LogP contribution in [0.3, 0.4) is 0 Å². The summed E-state index contributed by atoms with van der Waals surface area (Å²) in [6.45, 7) is 8.74. The minimum atomic E-state index is -0.170. The molecular formula is C21H30FN5O. The molecule has 2 heterocycles. The average Bonchev–Trinajstić information content (AvgIpc) is 3.18. The maximum atomic E-state index is 13.9. The van der Waals surface area contributed by atoms with Gasteiger partial charge in [-0.25, -0.2) is 9.07 Å². The number of nitrogens with one attached hydrogen (secondary N) is 1. The van der Waals surface area contributed by atoms with Gasteiger partial charge in [0.25, 0.3) is 5.91 Å². The third-order valence-electron chi connectivity index (χ3n) is 5.38. The summed E-state index contributed by atoms with van der Waals surface area (Å²) in [5.41, 5.74) is 1.14. The van der Waals surface area contributed by atoms with E-state index in [2.05, 4.69) is 41.3 Å². The predicted octanol–water partition coefficient (Wildman–Crippen LogP) is 3.07. The van der Waals surface area contributed by atoms with E-state index in [1.54, 1.807) is 12.3 Å². The van der Waals surface area contributed by atoms with Gasteiger partial charge in [0.05, 0.1) is 12.2 Å². The molecule has 6 nitrogen and oxygen atoms in total. The lowest BCUT2D eigenvalue weighted by molar-refractivity contribution is 0.0944. The van der Waals surface area contributed by atoms with Gasteiger partial charge < -0.3 is 10.2 Å². The smallest absolute Gasteiger partial charge is 0.273 e. The maximum Gasteiger partial charge on any atom is 0.273 e. The zero-order chi connectivity index (χ0) is 20.1. The molecule has 1 aromatic heterocycles. The summed E-state index contributed by atoms with van der Waals surface area (Å²) < 4.78 is 15.7. The molecule has 1 aliphatic rings. The Hall–Kier alpha value is -2.28. The third-order valence-corrected chi connectivity index (χ3v) is 5.38. The van der Waals surface area contributed by atoms with Crippen molar-refractivity contribution >= 4 is 5.91 Å². The maximum absolute atomic E-state index is 13.9. The standard InChI is InChI=1S/C21H30FN5O/c1-15(2)13-23-21(28)20-14-27(25-24-20)18-8-10-26(11-9-18)16(3)12-17-6-4-5-7-19(17)22/h4-7,14-16,18H,8-13H2,1-3H3,(H,23,28). The first-order chi connectivity index (χ1) is 13.4. The first kappa shape index (κ1) is 20.5. The Morgan fingerprint density at radius 2 is 1.96 bits per heavy atom. The number of hydrogen-bond acceptors (Lipinski definition) is 4.